The first-order valence-electron chi connectivity index (χ1n) is 5.50. The Morgan fingerprint density at radius 1 is 1.67 bits per heavy atom. The Balaban J connectivity index is 1.89. The van der Waals surface area contributed by atoms with Crippen molar-refractivity contribution in [3.05, 3.63) is 11.1 Å². The molecule has 0 N–H and O–H groups in total. The van der Waals surface area contributed by atoms with Crippen molar-refractivity contribution in [1.82, 2.24) is 10.3 Å². The number of hydrogen-bond acceptors (Lipinski definition) is 3. The van der Waals surface area contributed by atoms with Crippen LogP contribution in [0.15, 0.2) is 6.20 Å². The van der Waals surface area contributed by atoms with E-state index in [-0.39, 0.29) is 11.8 Å². The van der Waals surface area contributed by atoms with Crippen LogP contribution in [0.1, 0.15) is 37.5 Å². The molecule has 15 heavy (non-hydrogen) atoms. The number of amides is 1. The molecule has 1 amide bonds. The molecule has 0 aromatic carbocycles. The van der Waals surface area contributed by atoms with Gasteiger partial charge in [0.15, 0.2) is 0 Å². The van der Waals surface area contributed by atoms with E-state index in [0.717, 1.165) is 25.7 Å². The van der Waals surface area contributed by atoms with E-state index >= 15 is 0 Å². The number of thiazole rings is 1. The lowest BCUT2D eigenvalue weighted by atomic mass is 9.85. The van der Waals surface area contributed by atoms with Gasteiger partial charge >= 0.3 is 0 Å². The van der Waals surface area contributed by atoms with Crippen LogP contribution in [0, 0.1) is 5.92 Å². The van der Waals surface area contributed by atoms with Crippen molar-refractivity contribution in [3.8, 4) is 0 Å². The molecule has 0 bridgehead atoms. The Hall–Kier alpha value is -0.900. The second-order valence-electron chi connectivity index (χ2n) is 3.94. The molecule has 0 atom stereocenters. The fourth-order valence-electron chi connectivity index (χ4n) is 1.55. The summed E-state index contributed by atoms with van der Waals surface area (Å²) in [5.41, 5.74) is 0. The topological polar surface area (TPSA) is 44.1 Å². The Bertz CT molecular complexity index is 344. The summed E-state index contributed by atoms with van der Waals surface area (Å²) in [6, 6.07) is 0. The molecule has 1 aliphatic rings. The number of aromatic nitrogens is 1. The van der Waals surface area contributed by atoms with Crippen molar-refractivity contribution >= 4 is 22.4 Å². The predicted molar refractivity (Wildman–Crippen MR) is 60.3 cm³/mol. The highest BCUT2D eigenvalue weighted by Crippen LogP contribution is 2.28. The van der Waals surface area contributed by atoms with Crippen LogP contribution in [-0.4, -0.2) is 10.9 Å². The number of rotatable bonds is 4. The quantitative estimate of drug-likeness (QED) is 0.787. The first-order chi connectivity index (χ1) is 7.29. The van der Waals surface area contributed by atoms with Crippen LogP contribution in [0.3, 0.4) is 0 Å². The lowest BCUT2D eigenvalue weighted by Gasteiger charge is -2.22. The van der Waals surface area contributed by atoms with Crippen LogP contribution in [0.25, 0.3) is 0 Å². The van der Waals surface area contributed by atoms with E-state index in [9.17, 15) is 4.79 Å². The van der Waals surface area contributed by atoms with E-state index in [4.69, 9.17) is 0 Å². The molecular formula is C11H15N2OS. The number of hydrogen-bond donors (Lipinski definition) is 0. The molecule has 1 saturated carbocycles. The standard InChI is InChI=1S/C11H15N2OS/c1-2-4-9-7-12-11(15-9)13-10(14)8-5-3-6-8/h7-8H,2-6H2,1H3. The summed E-state index contributed by atoms with van der Waals surface area (Å²) in [7, 11) is 0. The molecule has 1 aromatic heterocycles. The summed E-state index contributed by atoms with van der Waals surface area (Å²) in [6.07, 6.45) is 7.17. The summed E-state index contributed by atoms with van der Waals surface area (Å²) >= 11 is 1.54. The van der Waals surface area contributed by atoms with Gasteiger partial charge in [-0.1, -0.05) is 31.1 Å². The number of carbonyl (C=O) groups excluding carboxylic acids is 1. The summed E-state index contributed by atoms with van der Waals surface area (Å²) in [4.78, 5) is 16.9. The van der Waals surface area contributed by atoms with Gasteiger partial charge in [0.2, 0.25) is 5.13 Å². The van der Waals surface area contributed by atoms with Crippen molar-refractivity contribution in [2.75, 3.05) is 0 Å². The van der Waals surface area contributed by atoms with E-state index in [2.05, 4.69) is 17.2 Å². The zero-order chi connectivity index (χ0) is 10.7. The van der Waals surface area contributed by atoms with Gasteiger partial charge in [0, 0.05) is 17.0 Å². The molecular weight excluding hydrogens is 208 g/mol. The van der Waals surface area contributed by atoms with Gasteiger partial charge in [-0.2, -0.15) is 5.32 Å². The van der Waals surface area contributed by atoms with E-state index in [0.29, 0.717) is 5.13 Å². The van der Waals surface area contributed by atoms with Crippen molar-refractivity contribution in [2.45, 2.75) is 39.0 Å². The average molecular weight is 223 g/mol. The molecule has 0 aliphatic heterocycles. The van der Waals surface area contributed by atoms with Crippen molar-refractivity contribution in [2.24, 2.45) is 5.92 Å². The van der Waals surface area contributed by atoms with E-state index in [1.807, 2.05) is 6.20 Å². The summed E-state index contributed by atoms with van der Waals surface area (Å²) in [5.74, 6) is 0.210. The molecule has 0 saturated heterocycles. The van der Waals surface area contributed by atoms with Crippen LogP contribution in [-0.2, 0) is 11.2 Å². The molecule has 0 spiro atoms. The fourth-order valence-corrected chi connectivity index (χ4v) is 2.44. The minimum absolute atomic E-state index is 0.0265. The first kappa shape index (κ1) is 10.6. The molecule has 81 valence electrons. The Labute approximate surface area is 93.9 Å². The molecule has 1 aliphatic carbocycles. The van der Waals surface area contributed by atoms with Gasteiger partial charge < -0.3 is 0 Å². The van der Waals surface area contributed by atoms with E-state index in [1.54, 1.807) is 0 Å². The largest absolute Gasteiger partial charge is 0.272 e. The van der Waals surface area contributed by atoms with Crippen molar-refractivity contribution < 1.29 is 4.79 Å². The number of carbonyl (C=O) groups is 1. The second kappa shape index (κ2) is 4.75. The molecule has 1 aromatic rings. The minimum Gasteiger partial charge on any atom is -0.272 e. The third kappa shape index (κ3) is 2.56. The molecule has 2 rings (SSSR count). The van der Waals surface area contributed by atoms with Crippen molar-refractivity contribution in [3.63, 3.8) is 0 Å². The van der Waals surface area contributed by atoms with Gasteiger partial charge in [0.05, 0.1) is 0 Å². The fraction of sp³-hybridized carbons (Fsp3) is 0.636. The molecule has 1 heterocycles. The normalized spacial score (nSPS) is 16.1. The maximum Gasteiger partial charge on any atom is 0.251 e. The average Bonchev–Trinajstić information content (AvgIpc) is 2.49. The lowest BCUT2D eigenvalue weighted by Crippen LogP contribution is -2.27. The first-order valence-corrected chi connectivity index (χ1v) is 6.31. The number of aryl methyl sites for hydroxylation is 1. The molecule has 0 unspecified atom stereocenters. The monoisotopic (exact) mass is 223 g/mol. The highest BCUT2D eigenvalue weighted by atomic mass is 32.1. The minimum atomic E-state index is 0.0265. The maximum atomic E-state index is 11.6. The molecule has 1 fully saturated rings. The van der Waals surface area contributed by atoms with Crippen LogP contribution in [0.2, 0.25) is 0 Å². The molecule has 4 heteroatoms. The van der Waals surface area contributed by atoms with Crippen LogP contribution >= 0.6 is 11.3 Å². The molecule has 3 nitrogen and oxygen atoms in total. The van der Waals surface area contributed by atoms with Gasteiger partial charge in [-0.25, -0.2) is 4.98 Å². The van der Waals surface area contributed by atoms with E-state index < -0.39 is 0 Å². The van der Waals surface area contributed by atoms with Crippen LogP contribution < -0.4 is 5.32 Å². The smallest absolute Gasteiger partial charge is 0.251 e. The maximum absolute atomic E-state index is 11.6. The number of nitrogens with zero attached hydrogens (tertiary/aromatic N) is 2. The van der Waals surface area contributed by atoms with Crippen LogP contribution in [0.5, 0.6) is 0 Å². The van der Waals surface area contributed by atoms with Gasteiger partial charge in [-0.05, 0) is 19.3 Å². The second-order valence-corrected chi connectivity index (χ2v) is 5.03. The highest BCUT2D eigenvalue weighted by Gasteiger charge is 2.26. The third-order valence-corrected chi connectivity index (χ3v) is 3.65. The van der Waals surface area contributed by atoms with Crippen molar-refractivity contribution in [1.29, 1.82) is 0 Å². The zero-order valence-corrected chi connectivity index (χ0v) is 9.72. The lowest BCUT2D eigenvalue weighted by molar-refractivity contribution is -0.126. The van der Waals surface area contributed by atoms with Gasteiger partial charge in [0.25, 0.3) is 5.91 Å². The Morgan fingerprint density at radius 2 is 2.47 bits per heavy atom. The highest BCUT2D eigenvalue weighted by molar-refractivity contribution is 7.15. The van der Waals surface area contributed by atoms with Gasteiger partial charge in [-0.3, -0.25) is 4.79 Å². The van der Waals surface area contributed by atoms with Crippen LogP contribution in [0.4, 0.5) is 5.13 Å². The molecule has 1 radical (unpaired) electrons. The third-order valence-electron chi connectivity index (χ3n) is 2.70. The van der Waals surface area contributed by atoms with E-state index in [1.165, 1.54) is 22.6 Å². The van der Waals surface area contributed by atoms with Gasteiger partial charge in [0.1, 0.15) is 0 Å². The Kier molecular flexibility index (Phi) is 3.36. The summed E-state index contributed by atoms with van der Waals surface area (Å²) in [6.45, 7) is 2.13. The SMILES string of the molecule is CCCc1cnc([N]C(=O)C2CCC2)s1. The Morgan fingerprint density at radius 3 is 3.07 bits per heavy atom. The zero-order valence-electron chi connectivity index (χ0n) is 8.90. The summed E-state index contributed by atoms with van der Waals surface area (Å²) in [5, 5.41) is 4.69. The summed E-state index contributed by atoms with van der Waals surface area (Å²) < 4.78 is 0. The predicted octanol–water partition coefficient (Wildman–Crippen LogP) is 2.66. The van der Waals surface area contributed by atoms with Gasteiger partial charge in [-0.15, -0.1) is 0 Å².